The lowest BCUT2D eigenvalue weighted by atomic mass is 9.98. The van der Waals surface area contributed by atoms with E-state index in [0.717, 1.165) is 16.4 Å². The lowest BCUT2D eigenvalue weighted by Gasteiger charge is -2.20. The van der Waals surface area contributed by atoms with Crippen LogP contribution in [0.25, 0.3) is 10.9 Å². The minimum Gasteiger partial charge on any atom is -0.393 e. The molecule has 2 unspecified atom stereocenters. The highest BCUT2D eigenvalue weighted by atomic mass is 32.2. The van der Waals surface area contributed by atoms with Gasteiger partial charge in [0.2, 0.25) is 0 Å². The van der Waals surface area contributed by atoms with E-state index < -0.39 is 48.0 Å². The number of amides is 1. The topological polar surface area (TPSA) is 217 Å². The fraction of sp³-hybridized carbons (Fsp3) is 0.300. The number of hydrogen-bond acceptors (Lipinski definition) is 10. The summed E-state index contributed by atoms with van der Waals surface area (Å²) in [5.74, 6) is -0.755. The van der Waals surface area contributed by atoms with Gasteiger partial charge in [-0.1, -0.05) is 0 Å². The summed E-state index contributed by atoms with van der Waals surface area (Å²) in [7, 11) is -8.02. The first kappa shape index (κ1) is 27.0. The Labute approximate surface area is 206 Å². The fourth-order valence-corrected chi connectivity index (χ4v) is 4.47. The monoisotopic (exact) mass is 540 g/mol. The van der Waals surface area contributed by atoms with Crippen LogP contribution >= 0.6 is 0 Å². The molecule has 3 rings (SSSR count). The third-order valence-electron chi connectivity index (χ3n) is 5.44. The van der Waals surface area contributed by atoms with Gasteiger partial charge in [-0.15, -0.1) is 0 Å². The Kier molecular flexibility index (Phi) is 7.35. The highest BCUT2D eigenvalue weighted by Gasteiger charge is 2.25. The van der Waals surface area contributed by atoms with Crippen LogP contribution in [0, 0.1) is 10.1 Å². The van der Waals surface area contributed by atoms with E-state index in [-0.39, 0.29) is 34.6 Å². The largest absolute Gasteiger partial charge is 0.393 e. The molecule has 3 aromatic rings. The number of nitrogens with two attached hydrogens (primary N) is 1. The lowest BCUT2D eigenvalue weighted by Crippen LogP contribution is -2.33. The molecular formula is C20H24N6O8S2. The van der Waals surface area contributed by atoms with Crippen LogP contribution in [0.3, 0.4) is 0 Å². The standard InChI is InChI=1S/C20H24N6O8S2/c1-11(36(32,33)34)9-22-12(2)15-7-17(21)19(26(28)29)8-16(15)20(27)24-14-5-4-13-10-23-25(18(13)6-14)35(3,30)31/h4-8,10-12,22H,9,21H2,1-3H3,(H,24,27)(H,32,33,34). The Bertz CT molecular complexity index is 1570. The second-order valence-corrected chi connectivity index (χ2v) is 11.8. The third kappa shape index (κ3) is 5.78. The van der Waals surface area contributed by atoms with E-state index in [2.05, 4.69) is 15.7 Å². The molecule has 0 saturated carbocycles. The van der Waals surface area contributed by atoms with E-state index in [1.807, 2.05) is 0 Å². The molecule has 0 aliphatic carbocycles. The highest BCUT2D eigenvalue weighted by Crippen LogP contribution is 2.30. The number of carbonyl (C=O) groups is 1. The average molecular weight is 541 g/mol. The molecule has 36 heavy (non-hydrogen) atoms. The van der Waals surface area contributed by atoms with Crippen LogP contribution < -0.4 is 16.4 Å². The normalized spacial score (nSPS) is 13.9. The number of nitrogens with zero attached hydrogens (tertiary/aromatic N) is 3. The summed E-state index contributed by atoms with van der Waals surface area (Å²) in [6, 6.07) is 5.99. The molecule has 5 N–H and O–H groups in total. The van der Waals surface area contributed by atoms with Gasteiger partial charge in [0.15, 0.2) is 0 Å². The van der Waals surface area contributed by atoms with Gasteiger partial charge < -0.3 is 16.4 Å². The smallest absolute Gasteiger partial charge is 0.292 e. The van der Waals surface area contributed by atoms with Crippen molar-refractivity contribution in [2.75, 3.05) is 23.9 Å². The first-order chi connectivity index (χ1) is 16.6. The van der Waals surface area contributed by atoms with Gasteiger partial charge in [-0.25, -0.2) is 8.42 Å². The highest BCUT2D eigenvalue weighted by molar-refractivity contribution is 7.89. The van der Waals surface area contributed by atoms with Gasteiger partial charge in [0.05, 0.1) is 33.7 Å². The maximum absolute atomic E-state index is 13.2. The number of nitrogens with one attached hydrogen (secondary N) is 2. The van der Waals surface area contributed by atoms with Gasteiger partial charge in [-0.05, 0) is 43.7 Å². The van der Waals surface area contributed by atoms with Crippen molar-refractivity contribution in [1.29, 1.82) is 0 Å². The molecular weight excluding hydrogens is 516 g/mol. The third-order valence-corrected chi connectivity index (χ3v) is 7.54. The molecule has 0 radical (unpaired) electrons. The summed E-state index contributed by atoms with van der Waals surface area (Å²) in [5, 5.41) is 20.1. The average Bonchev–Trinajstić information content (AvgIpc) is 3.19. The van der Waals surface area contributed by atoms with Crippen LogP contribution in [0.2, 0.25) is 0 Å². The van der Waals surface area contributed by atoms with Crippen molar-refractivity contribution in [2.24, 2.45) is 0 Å². The first-order valence-corrected chi connectivity index (χ1v) is 13.7. The van der Waals surface area contributed by atoms with Gasteiger partial charge in [0.1, 0.15) is 5.69 Å². The van der Waals surface area contributed by atoms with Crippen LogP contribution in [0.4, 0.5) is 17.1 Å². The number of nitrogen functional groups attached to an aromatic ring is 1. The fourth-order valence-electron chi connectivity index (χ4n) is 3.43. The number of carbonyl (C=O) groups excluding carboxylic acids is 1. The molecule has 2 aromatic carbocycles. The van der Waals surface area contributed by atoms with Crippen LogP contribution in [0.5, 0.6) is 0 Å². The van der Waals surface area contributed by atoms with Gasteiger partial charge in [-0.2, -0.15) is 17.6 Å². The Balaban J connectivity index is 1.99. The Hall–Kier alpha value is -3.60. The molecule has 0 saturated heterocycles. The molecule has 0 bridgehead atoms. The van der Waals surface area contributed by atoms with Gasteiger partial charge >= 0.3 is 0 Å². The molecule has 1 aromatic heterocycles. The van der Waals surface area contributed by atoms with Crippen molar-refractivity contribution in [2.45, 2.75) is 25.1 Å². The maximum Gasteiger partial charge on any atom is 0.292 e. The van der Waals surface area contributed by atoms with Gasteiger partial charge in [0.25, 0.3) is 31.7 Å². The van der Waals surface area contributed by atoms with E-state index in [4.69, 9.17) is 5.73 Å². The van der Waals surface area contributed by atoms with Crippen LogP contribution in [0.15, 0.2) is 36.5 Å². The van der Waals surface area contributed by atoms with E-state index in [1.54, 1.807) is 13.0 Å². The Morgan fingerprint density at radius 3 is 2.47 bits per heavy atom. The van der Waals surface area contributed by atoms with Crippen molar-refractivity contribution in [3.05, 3.63) is 57.8 Å². The molecule has 1 heterocycles. The second-order valence-electron chi connectivity index (χ2n) is 8.19. The van der Waals surface area contributed by atoms with E-state index >= 15 is 0 Å². The van der Waals surface area contributed by atoms with Crippen molar-refractivity contribution >= 4 is 54.0 Å². The second kappa shape index (κ2) is 9.81. The van der Waals surface area contributed by atoms with E-state index in [0.29, 0.717) is 5.39 Å². The SMILES string of the molecule is CC(NCC(C)S(=O)(=O)O)c1cc(N)c([N+](=O)[O-])cc1C(=O)Nc1ccc2cnn(S(C)(=O)=O)c2c1. The van der Waals surface area contributed by atoms with Gasteiger partial charge in [-0.3, -0.25) is 19.5 Å². The zero-order chi connectivity index (χ0) is 27.0. The first-order valence-electron chi connectivity index (χ1n) is 10.4. The number of rotatable bonds is 9. The molecule has 1 amide bonds. The molecule has 0 fully saturated rings. The minimum atomic E-state index is -4.31. The summed E-state index contributed by atoms with van der Waals surface area (Å²) >= 11 is 0. The number of anilines is 2. The number of aromatic nitrogens is 2. The van der Waals surface area contributed by atoms with Crippen LogP contribution in [0.1, 0.15) is 35.8 Å². The number of hydrogen-bond donors (Lipinski definition) is 4. The Morgan fingerprint density at radius 1 is 1.22 bits per heavy atom. The van der Waals surface area contributed by atoms with E-state index in [1.165, 1.54) is 31.3 Å². The molecule has 16 heteroatoms. The molecule has 0 aliphatic heterocycles. The van der Waals surface area contributed by atoms with Crippen molar-refractivity contribution in [1.82, 2.24) is 14.5 Å². The van der Waals surface area contributed by atoms with Crippen molar-refractivity contribution < 1.29 is 31.1 Å². The molecule has 0 aliphatic rings. The predicted molar refractivity (Wildman–Crippen MR) is 133 cm³/mol. The summed E-state index contributed by atoms with van der Waals surface area (Å²) in [4.78, 5) is 23.9. The number of benzene rings is 2. The van der Waals surface area contributed by atoms with Crippen molar-refractivity contribution in [3.63, 3.8) is 0 Å². The predicted octanol–water partition coefficient (Wildman–Crippen LogP) is 1.51. The number of nitro benzene ring substituents is 1. The minimum absolute atomic E-state index is 0.118. The van der Waals surface area contributed by atoms with E-state index in [9.17, 15) is 36.3 Å². The summed E-state index contributed by atoms with van der Waals surface area (Å²) in [6.07, 6.45) is 2.33. The molecule has 194 valence electrons. The quantitative estimate of drug-likeness (QED) is 0.132. The zero-order valence-corrected chi connectivity index (χ0v) is 21.0. The summed E-state index contributed by atoms with van der Waals surface area (Å²) in [5.41, 5.74) is 5.63. The van der Waals surface area contributed by atoms with Crippen molar-refractivity contribution in [3.8, 4) is 0 Å². The zero-order valence-electron chi connectivity index (χ0n) is 19.4. The molecule has 2 atom stereocenters. The molecule has 14 nitrogen and oxygen atoms in total. The summed E-state index contributed by atoms with van der Waals surface area (Å²) in [6.45, 7) is 2.69. The van der Waals surface area contributed by atoms with Crippen LogP contribution in [-0.2, 0) is 20.1 Å². The number of fused-ring (bicyclic) bond motifs is 1. The van der Waals surface area contributed by atoms with Gasteiger partial charge in [0, 0.05) is 29.7 Å². The van der Waals surface area contributed by atoms with Crippen LogP contribution in [-0.4, -0.2) is 59.5 Å². The lowest BCUT2D eigenvalue weighted by molar-refractivity contribution is -0.383. The summed E-state index contributed by atoms with van der Waals surface area (Å²) < 4.78 is 56.5. The molecule has 0 spiro atoms. The Morgan fingerprint density at radius 2 is 1.89 bits per heavy atom. The maximum atomic E-state index is 13.2. The number of nitro groups is 1.